The van der Waals surface area contributed by atoms with Crippen molar-refractivity contribution in [3.05, 3.63) is 0 Å². The van der Waals surface area contributed by atoms with E-state index < -0.39 is 0 Å². The van der Waals surface area contributed by atoms with E-state index in [1.54, 1.807) is 0 Å². The van der Waals surface area contributed by atoms with Gasteiger partial charge in [0.15, 0.2) is 0 Å². The summed E-state index contributed by atoms with van der Waals surface area (Å²) in [6.07, 6.45) is 0. The van der Waals surface area contributed by atoms with E-state index in [1.807, 2.05) is 67.2 Å². The topological polar surface area (TPSA) is 60.9 Å². The molecule has 2 amide bonds. The molecule has 0 rings (SSSR count). The fourth-order valence-corrected chi connectivity index (χ4v) is 1.93. The van der Waals surface area contributed by atoms with Crippen LogP contribution in [0.5, 0.6) is 0 Å². The molecule has 0 bridgehead atoms. The third-order valence-corrected chi connectivity index (χ3v) is 3.29. The highest BCUT2D eigenvalue weighted by molar-refractivity contribution is 5.78. The van der Waals surface area contributed by atoms with Crippen LogP contribution in [0.2, 0.25) is 0 Å². The van der Waals surface area contributed by atoms with Crippen LogP contribution in [0.15, 0.2) is 0 Å². The van der Waals surface area contributed by atoms with Gasteiger partial charge >= 0.3 is 0 Å². The van der Waals surface area contributed by atoms with Crippen molar-refractivity contribution in [2.24, 2.45) is 11.8 Å². The molecule has 0 saturated carbocycles. The van der Waals surface area contributed by atoms with Crippen molar-refractivity contribution in [2.45, 2.75) is 74.4 Å². The molecule has 0 aliphatic rings. The van der Waals surface area contributed by atoms with Gasteiger partial charge in [-0.1, -0.05) is 27.7 Å². The summed E-state index contributed by atoms with van der Waals surface area (Å²) < 4.78 is 0. The molecule has 0 unspecified atom stereocenters. The molecule has 0 saturated heterocycles. The molecule has 0 aromatic carbocycles. The van der Waals surface area contributed by atoms with Crippen molar-refractivity contribution in [3.8, 4) is 0 Å². The van der Waals surface area contributed by atoms with Crippen molar-refractivity contribution >= 4 is 11.8 Å². The zero-order valence-electron chi connectivity index (χ0n) is 15.9. The highest BCUT2D eigenvalue weighted by Crippen LogP contribution is 2.05. The smallest absolute Gasteiger partial charge is 0.227 e. The number of carbonyl (C=O) groups excluding carboxylic acids is 2. The molecule has 0 radical (unpaired) electrons. The highest BCUT2D eigenvalue weighted by Gasteiger charge is 2.18. The van der Waals surface area contributed by atoms with Crippen LogP contribution in [0.4, 0.5) is 0 Å². The molecular weight excluding hydrogens is 280 g/mol. The minimum atomic E-state index is -0.186. The van der Waals surface area contributed by atoms with Crippen LogP contribution < -0.4 is 0 Å². The molecule has 0 aliphatic carbocycles. The first-order valence-electron chi connectivity index (χ1n) is 8.22. The van der Waals surface area contributed by atoms with Gasteiger partial charge in [0.1, 0.15) is 6.73 Å². The number of hydrogen-bond acceptors (Lipinski definition) is 3. The summed E-state index contributed by atoms with van der Waals surface area (Å²) >= 11 is 0. The molecule has 22 heavy (non-hydrogen) atoms. The van der Waals surface area contributed by atoms with Crippen molar-refractivity contribution in [1.29, 1.82) is 0 Å². The van der Waals surface area contributed by atoms with Gasteiger partial charge in [0.05, 0.1) is 0 Å². The Morgan fingerprint density at radius 1 is 0.773 bits per heavy atom. The van der Waals surface area contributed by atoms with Crippen molar-refractivity contribution in [3.63, 3.8) is 0 Å². The van der Waals surface area contributed by atoms with Crippen LogP contribution in [0, 0.1) is 11.8 Å². The summed E-state index contributed by atoms with van der Waals surface area (Å²) in [7, 11) is 0. The normalized spacial score (nSPS) is 10.8. The molecule has 132 valence electrons. The van der Waals surface area contributed by atoms with Crippen LogP contribution in [0.25, 0.3) is 0 Å². The van der Waals surface area contributed by atoms with Gasteiger partial charge in [-0.2, -0.15) is 0 Å². The van der Waals surface area contributed by atoms with Crippen molar-refractivity contribution in [1.82, 2.24) is 9.80 Å². The second kappa shape index (κ2) is 11.5. The van der Waals surface area contributed by atoms with Crippen molar-refractivity contribution < 1.29 is 14.7 Å². The maximum Gasteiger partial charge on any atom is 0.227 e. The fourth-order valence-electron chi connectivity index (χ4n) is 1.93. The zero-order chi connectivity index (χ0) is 18.0. The van der Waals surface area contributed by atoms with E-state index in [1.165, 1.54) is 4.90 Å². The monoisotopic (exact) mass is 316 g/mol. The lowest BCUT2D eigenvalue weighted by atomic mass is 10.1. The number of carbonyl (C=O) groups is 2. The quantitative estimate of drug-likeness (QED) is 0.767. The molecule has 1 N–H and O–H groups in total. The van der Waals surface area contributed by atoms with Crippen LogP contribution in [-0.4, -0.2) is 52.1 Å². The van der Waals surface area contributed by atoms with Gasteiger partial charge in [-0.25, -0.2) is 0 Å². The maximum absolute atomic E-state index is 11.4. The second-order valence-electron chi connectivity index (χ2n) is 6.57. The van der Waals surface area contributed by atoms with Gasteiger partial charge in [-0.05, 0) is 34.6 Å². The van der Waals surface area contributed by atoms with E-state index in [-0.39, 0.29) is 36.4 Å². The molecule has 0 aromatic heterocycles. The SMILES string of the molecule is CC(C)C(=O)N(CO)C(C)C.CCN(C(=O)C(C)C)C(C)C. The van der Waals surface area contributed by atoms with Gasteiger partial charge in [-0.3, -0.25) is 9.59 Å². The molecule has 5 heteroatoms. The number of nitrogens with zero attached hydrogens (tertiary/aromatic N) is 2. The van der Waals surface area contributed by atoms with Gasteiger partial charge in [0.25, 0.3) is 0 Å². The second-order valence-corrected chi connectivity index (χ2v) is 6.57. The van der Waals surface area contributed by atoms with E-state index in [4.69, 9.17) is 5.11 Å². The van der Waals surface area contributed by atoms with Crippen LogP contribution in [0.1, 0.15) is 62.3 Å². The zero-order valence-corrected chi connectivity index (χ0v) is 15.9. The Kier molecular flexibility index (Phi) is 12.1. The lowest BCUT2D eigenvalue weighted by Crippen LogP contribution is -2.40. The predicted molar refractivity (Wildman–Crippen MR) is 91.3 cm³/mol. The number of aliphatic hydroxyl groups excluding tert-OH is 1. The number of rotatable bonds is 6. The summed E-state index contributed by atoms with van der Waals surface area (Å²) in [5.74, 6) is 0.340. The van der Waals surface area contributed by atoms with Crippen molar-refractivity contribution in [2.75, 3.05) is 13.3 Å². The summed E-state index contributed by atoms with van der Waals surface area (Å²) in [6.45, 7) is 18.0. The molecule has 0 heterocycles. The van der Waals surface area contributed by atoms with Gasteiger partial charge in [-0.15, -0.1) is 0 Å². The van der Waals surface area contributed by atoms with Crippen LogP contribution in [0.3, 0.4) is 0 Å². The van der Waals surface area contributed by atoms with E-state index in [0.717, 1.165) is 6.54 Å². The maximum atomic E-state index is 11.4. The van der Waals surface area contributed by atoms with Crippen LogP contribution >= 0.6 is 0 Å². The van der Waals surface area contributed by atoms with E-state index in [2.05, 4.69) is 0 Å². The summed E-state index contributed by atoms with van der Waals surface area (Å²) in [5, 5.41) is 8.82. The Morgan fingerprint density at radius 3 is 1.18 bits per heavy atom. The Bertz CT molecular complexity index is 294. The van der Waals surface area contributed by atoms with Gasteiger partial charge < -0.3 is 14.9 Å². The number of hydrogen-bond donors (Lipinski definition) is 1. The first-order chi connectivity index (χ1) is 10.0. The minimum absolute atomic E-state index is 0.00231. The minimum Gasteiger partial charge on any atom is -0.376 e. The number of amides is 2. The Morgan fingerprint density at radius 2 is 1.09 bits per heavy atom. The van der Waals surface area contributed by atoms with Gasteiger partial charge in [0.2, 0.25) is 11.8 Å². The molecule has 5 nitrogen and oxygen atoms in total. The molecule has 0 aromatic rings. The predicted octanol–water partition coefficient (Wildman–Crippen LogP) is 2.73. The average Bonchev–Trinajstić information content (AvgIpc) is 2.39. The summed E-state index contributed by atoms with van der Waals surface area (Å²) in [4.78, 5) is 26.1. The average molecular weight is 316 g/mol. The molecule has 0 fully saturated rings. The largest absolute Gasteiger partial charge is 0.376 e. The third-order valence-electron chi connectivity index (χ3n) is 3.29. The van der Waals surface area contributed by atoms with E-state index in [0.29, 0.717) is 6.04 Å². The molecule has 0 aliphatic heterocycles. The molecule has 0 spiro atoms. The fraction of sp³-hybridized carbons (Fsp3) is 0.882. The Balaban J connectivity index is 0. The first kappa shape index (κ1) is 23.2. The third kappa shape index (κ3) is 8.37. The molecular formula is C17H36N2O3. The van der Waals surface area contributed by atoms with Crippen LogP contribution in [-0.2, 0) is 9.59 Å². The van der Waals surface area contributed by atoms with E-state index in [9.17, 15) is 9.59 Å². The van der Waals surface area contributed by atoms with E-state index >= 15 is 0 Å². The summed E-state index contributed by atoms with van der Waals surface area (Å²) in [6, 6.07) is 0.407. The highest BCUT2D eigenvalue weighted by atomic mass is 16.3. The molecule has 0 atom stereocenters. The van der Waals surface area contributed by atoms with Gasteiger partial charge in [0, 0.05) is 30.5 Å². The standard InChI is InChI=1S/C9H19NO.C8H17NO2/c1-6-10(8(4)5)9(11)7(2)3;1-6(2)8(11)9(5-10)7(3)4/h7-8H,6H2,1-5H3;6-7,10H,5H2,1-4H3. The Hall–Kier alpha value is -1.10. The lowest BCUT2D eigenvalue weighted by molar-refractivity contribution is -0.140. The lowest BCUT2D eigenvalue weighted by Gasteiger charge is -2.26. The first-order valence-corrected chi connectivity index (χ1v) is 8.22. The Labute approximate surface area is 136 Å². The number of aliphatic hydroxyl groups is 1. The summed E-state index contributed by atoms with van der Waals surface area (Å²) in [5.41, 5.74) is 0.